The maximum absolute atomic E-state index is 13.3. The van der Waals surface area contributed by atoms with Crippen molar-refractivity contribution >= 4 is 46.8 Å². The molecule has 1 unspecified atom stereocenters. The van der Waals surface area contributed by atoms with Crippen LogP contribution in [0.3, 0.4) is 0 Å². The van der Waals surface area contributed by atoms with Crippen molar-refractivity contribution in [2.75, 3.05) is 11.9 Å². The van der Waals surface area contributed by atoms with E-state index in [1.54, 1.807) is 38.1 Å². The molecule has 0 bridgehead atoms. The molecule has 33 heavy (non-hydrogen) atoms. The van der Waals surface area contributed by atoms with Crippen LogP contribution in [-0.4, -0.2) is 22.5 Å². The fourth-order valence-electron chi connectivity index (χ4n) is 3.73. The van der Waals surface area contributed by atoms with Gasteiger partial charge in [-0.2, -0.15) is 0 Å². The standard InChI is InChI=1S/C24H21Cl2N3O3S/c1-3-32-23(31)18-13(2)27-21-20(19(18)14-8-10-16(25)11-9-14)22(30)29-24(28-21)33-12-15-6-4-5-7-17(15)26/h4-11,19H,3,12H2,1-2H3,(H2,27,28,29,30). The van der Waals surface area contributed by atoms with Crippen LogP contribution in [0.1, 0.15) is 36.5 Å². The van der Waals surface area contributed by atoms with Crippen LogP contribution in [0.5, 0.6) is 0 Å². The van der Waals surface area contributed by atoms with Crippen molar-refractivity contribution < 1.29 is 9.53 Å². The minimum atomic E-state index is -0.642. The minimum Gasteiger partial charge on any atom is -0.463 e. The molecule has 170 valence electrons. The Balaban J connectivity index is 1.76. The number of rotatable bonds is 6. The zero-order valence-corrected chi connectivity index (χ0v) is 20.3. The predicted octanol–water partition coefficient (Wildman–Crippen LogP) is 5.76. The topological polar surface area (TPSA) is 84.1 Å². The highest BCUT2D eigenvalue weighted by Gasteiger charge is 2.36. The lowest BCUT2D eigenvalue weighted by molar-refractivity contribution is -0.138. The van der Waals surface area contributed by atoms with Gasteiger partial charge in [-0.05, 0) is 43.2 Å². The summed E-state index contributed by atoms with van der Waals surface area (Å²) in [4.78, 5) is 33.6. The first-order valence-electron chi connectivity index (χ1n) is 10.3. The van der Waals surface area contributed by atoms with Crippen LogP contribution in [0, 0.1) is 0 Å². The molecule has 0 saturated heterocycles. The first kappa shape index (κ1) is 23.4. The smallest absolute Gasteiger partial charge is 0.336 e. The van der Waals surface area contributed by atoms with Gasteiger partial charge < -0.3 is 15.0 Å². The zero-order valence-electron chi connectivity index (χ0n) is 17.9. The van der Waals surface area contributed by atoms with Gasteiger partial charge in [0, 0.05) is 21.5 Å². The molecule has 2 heterocycles. The highest BCUT2D eigenvalue weighted by molar-refractivity contribution is 7.98. The third-order valence-corrected chi connectivity index (χ3v) is 6.78. The Morgan fingerprint density at radius 1 is 1.15 bits per heavy atom. The number of hydrogen-bond acceptors (Lipinski definition) is 6. The highest BCUT2D eigenvalue weighted by atomic mass is 35.5. The van der Waals surface area contributed by atoms with E-state index in [1.165, 1.54) is 11.8 Å². The summed E-state index contributed by atoms with van der Waals surface area (Å²) in [5, 5.41) is 4.80. The summed E-state index contributed by atoms with van der Waals surface area (Å²) in [7, 11) is 0. The van der Waals surface area contributed by atoms with E-state index in [2.05, 4.69) is 15.3 Å². The fraction of sp³-hybridized carbons (Fsp3) is 0.208. The number of anilines is 1. The van der Waals surface area contributed by atoms with Crippen LogP contribution in [-0.2, 0) is 15.3 Å². The van der Waals surface area contributed by atoms with Gasteiger partial charge in [0.1, 0.15) is 5.82 Å². The van der Waals surface area contributed by atoms with Crippen molar-refractivity contribution in [2.24, 2.45) is 0 Å². The molecule has 0 amide bonds. The number of carbonyl (C=O) groups is 1. The average Bonchev–Trinajstić information content (AvgIpc) is 2.78. The third kappa shape index (κ3) is 4.95. The number of allylic oxidation sites excluding steroid dienone is 1. The van der Waals surface area contributed by atoms with Crippen LogP contribution < -0.4 is 10.9 Å². The minimum absolute atomic E-state index is 0.224. The summed E-state index contributed by atoms with van der Waals surface area (Å²) in [6, 6.07) is 14.6. The van der Waals surface area contributed by atoms with Crippen LogP contribution in [0.4, 0.5) is 5.82 Å². The lowest BCUT2D eigenvalue weighted by Crippen LogP contribution is -2.31. The maximum atomic E-state index is 13.3. The van der Waals surface area contributed by atoms with Crippen molar-refractivity contribution in [1.29, 1.82) is 0 Å². The summed E-state index contributed by atoms with van der Waals surface area (Å²) in [5.41, 5.74) is 2.67. The second-order valence-corrected chi connectivity index (χ2v) is 9.19. The molecule has 0 radical (unpaired) electrons. The van der Waals surface area contributed by atoms with Gasteiger partial charge in [-0.25, -0.2) is 9.78 Å². The van der Waals surface area contributed by atoms with Gasteiger partial charge in [-0.15, -0.1) is 0 Å². The second kappa shape index (κ2) is 10.0. The molecule has 0 aliphatic carbocycles. The number of nitrogens with one attached hydrogen (secondary N) is 2. The number of thioether (sulfide) groups is 1. The van der Waals surface area contributed by atoms with Gasteiger partial charge in [-0.3, -0.25) is 4.79 Å². The molecule has 2 aromatic carbocycles. The Morgan fingerprint density at radius 3 is 2.58 bits per heavy atom. The van der Waals surface area contributed by atoms with Crippen LogP contribution in [0.2, 0.25) is 10.0 Å². The van der Waals surface area contributed by atoms with E-state index in [4.69, 9.17) is 27.9 Å². The number of fused-ring (bicyclic) bond motifs is 1. The molecule has 1 aliphatic heterocycles. The normalized spacial score (nSPS) is 15.1. The molecule has 9 heteroatoms. The number of ether oxygens (including phenoxy) is 1. The number of esters is 1. The molecule has 0 saturated carbocycles. The SMILES string of the molecule is CCOC(=O)C1=C(C)Nc2nc(SCc3ccccc3Cl)[nH]c(=O)c2C1c1ccc(Cl)cc1. The van der Waals surface area contributed by atoms with E-state index in [-0.39, 0.29) is 12.2 Å². The van der Waals surface area contributed by atoms with Gasteiger partial charge in [0.25, 0.3) is 5.56 Å². The number of hydrogen-bond donors (Lipinski definition) is 2. The summed E-state index contributed by atoms with van der Waals surface area (Å²) in [6.45, 7) is 3.74. The average molecular weight is 502 g/mol. The van der Waals surface area contributed by atoms with Crippen molar-refractivity contribution in [1.82, 2.24) is 9.97 Å². The maximum Gasteiger partial charge on any atom is 0.336 e. The number of nitrogens with zero attached hydrogens (tertiary/aromatic N) is 1. The van der Waals surface area contributed by atoms with E-state index in [9.17, 15) is 9.59 Å². The highest BCUT2D eigenvalue weighted by Crippen LogP contribution is 2.40. The number of aromatic amines is 1. The van der Waals surface area contributed by atoms with E-state index in [1.807, 2.05) is 24.3 Å². The summed E-state index contributed by atoms with van der Waals surface area (Å²) < 4.78 is 5.29. The van der Waals surface area contributed by atoms with Crippen molar-refractivity contribution in [3.8, 4) is 0 Å². The molecule has 1 aliphatic rings. The lowest BCUT2D eigenvalue weighted by Gasteiger charge is -2.28. The molecule has 3 aromatic rings. The second-order valence-electron chi connectivity index (χ2n) is 7.38. The largest absolute Gasteiger partial charge is 0.463 e. The van der Waals surface area contributed by atoms with Crippen molar-refractivity contribution in [2.45, 2.75) is 30.7 Å². The number of halogens is 2. The molecule has 6 nitrogen and oxygen atoms in total. The van der Waals surface area contributed by atoms with E-state index in [0.29, 0.717) is 43.6 Å². The molecular formula is C24H21Cl2N3O3S. The number of benzene rings is 2. The molecule has 0 fully saturated rings. The first-order chi connectivity index (χ1) is 15.9. The Kier molecular flexibility index (Phi) is 7.12. The lowest BCUT2D eigenvalue weighted by atomic mass is 9.82. The Morgan fingerprint density at radius 2 is 1.88 bits per heavy atom. The van der Waals surface area contributed by atoms with Crippen LogP contribution in [0.15, 0.2) is 69.8 Å². The van der Waals surface area contributed by atoms with Crippen molar-refractivity contribution in [3.63, 3.8) is 0 Å². The third-order valence-electron chi connectivity index (χ3n) is 5.24. The van der Waals surface area contributed by atoms with E-state index < -0.39 is 11.9 Å². The van der Waals surface area contributed by atoms with E-state index in [0.717, 1.165) is 11.1 Å². The van der Waals surface area contributed by atoms with Gasteiger partial charge in [0.05, 0.1) is 23.7 Å². The summed E-state index contributed by atoms with van der Waals surface area (Å²) >= 11 is 13.7. The van der Waals surface area contributed by atoms with Gasteiger partial charge in [-0.1, -0.05) is 65.3 Å². The number of H-pyrrole nitrogens is 1. The van der Waals surface area contributed by atoms with E-state index >= 15 is 0 Å². The quantitative estimate of drug-likeness (QED) is 0.253. The molecule has 0 spiro atoms. The monoisotopic (exact) mass is 501 g/mol. The first-order valence-corrected chi connectivity index (χ1v) is 12.0. The zero-order chi connectivity index (χ0) is 23.5. The number of carbonyl (C=O) groups excluding carboxylic acids is 1. The van der Waals surface area contributed by atoms with Gasteiger partial charge in [0.2, 0.25) is 0 Å². The Hall–Kier alpha value is -2.74. The van der Waals surface area contributed by atoms with Crippen LogP contribution in [0.25, 0.3) is 0 Å². The van der Waals surface area contributed by atoms with Crippen LogP contribution >= 0.6 is 35.0 Å². The molecule has 2 N–H and O–H groups in total. The Bertz CT molecular complexity index is 1290. The Labute approximate surface area is 205 Å². The number of aromatic nitrogens is 2. The summed E-state index contributed by atoms with van der Waals surface area (Å²) in [5.74, 6) is -0.169. The fourth-order valence-corrected chi connectivity index (χ4v) is 5.00. The molecule has 4 rings (SSSR count). The summed E-state index contributed by atoms with van der Waals surface area (Å²) in [6.07, 6.45) is 0. The van der Waals surface area contributed by atoms with Gasteiger partial charge >= 0.3 is 5.97 Å². The molecule has 1 aromatic heterocycles. The molecular weight excluding hydrogens is 481 g/mol. The predicted molar refractivity (Wildman–Crippen MR) is 132 cm³/mol. The van der Waals surface area contributed by atoms with Crippen molar-refractivity contribution in [3.05, 3.63) is 96.9 Å². The molecule has 1 atom stereocenters. The van der Waals surface area contributed by atoms with Gasteiger partial charge in [0.15, 0.2) is 5.16 Å².